The van der Waals surface area contributed by atoms with Gasteiger partial charge in [-0.3, -0.25) is 4.79 Å². The number of hydrogen-bond donors (Lipinski definition) is 2. The fourth-order valence-corrected chi connectivity index (χ4v) is 2.69. The number of hydrogen-bond acceptors (Lipinski definition) is 2. The molecule has 0 atom stereocenters. The minimum atomic E-state index is -0.436. The van der Waals surface area contributed by atoms with Crippen molar-refractivity contribution in [1.29, 1.82) is 0 Å². The molecule has 0 fully saturated rings. The van der Waals surface area contributed by atoms with Gasteiger partial charge >= 0.3 is 0 Å². The molecular weight excluding hydrogens is 291 g/mol. The molecule has 0 bridgehead atoms. The van der Waals surface area contributed by atoms with Gasteiger partial charge in [-0.05, 0) is 48.4 Å². The van der Waals surface area contributed by atoms with Crippen LogP contribution in [0.2, 0.25) is 5.02 Å². The minimum absolute atomic E-state index is 0.263. The Kier molecular flexibility index (Phi) is 3.90. The van der Waals surface area contributed by atoms with Gasteiger partial charge in [0.25, 0.3) is 5.91 Å². The van der Waals surface area contributed by atoms with Crippen molar-refractivity contribution >= 4 is 23.2 Å². The molecule has 5 heteroatoms. The summed E-state index contributed by atoms with van der Waals surface area (Å²) < 4.78 is 13.3. The molecule has 0 aliphatic carbocycles. The summed E-state index contributed by atoms with van der Waals surface area (Å²) in [6, 6.07) is 9.55. The summed E-state index contributed by atoms with van der Waals surface area (Å²) in [6.07, 6.45) is 0.801. The monoisotopic (exact) mass is 304 g/mol. The molecule has 3 nitrogen and oxygen atoms in total. The highest BCUT2D eigenvalue weighted by atomic mass is 35.5. The lowest BCUT2D eigenvalue weighted by Crippen LogP contribution is -2.26. The van der Waals surface area contributed by atoms with E-state index in [1.165, 1.54) is 18.2 Å². The Morgan fingerprint density at radius 2 is 2.14 bits per heavy atom. The zero-order valence-electron chi connectivity index (χ0n) is 11.2. The molecule has 2 aromatic carbocycles. The van der Waals surface area contributed by atoms with Crippen LogP contribution in [0.5, 0.6) is 0 Å². The quantitative estimate of drug-likeness (QED) is 0.893. The first-order valence-electron chi connectivity index (χ1n) is 6.73. The van der Waals surface area contributed by atoms with Crippen LogP contribution in [0.3, 0.4) is 0 Å². The molecule has 0 spiro atoms. The van der Waals surface area contributed by atoms with E-state index in [1.54, 1.807) is 6.07 Å². The number of fused-ring (bicyclic) bond motifs is 1. The van der Waals surface area contributed by atoms with Gasteiger partial charge in [0.1, 0.15) is 5.82 Å². The molecule has 1 aliphatic rings. The van der Waals surface area contributed by atoms with Crippen LogP contribution in [0.25, 0.3) is 0 Å². The minimum Gasteiger partial charge on any atom is -0.321 e. The van der Waals surface area contributed by atoms with Crippen LogP contribution in [0.4, 0.5) is 10.1 Å². The van der Waals surface area contributed by atoms with Gasteiger partial charge in [-0.1, -0.05) is 23.7 Å². The zero-order valence-corrected chi connectivity index (χ0v) is 12.0. The zero-order chi connectivity index (χ0) is 14.8. The Bertz CT molecular complexity index is 703. The lowest BCUT2D eigenvalue weighted by Gasteiger charge is -2.20. The Balaban J connectivity index is 1.91. The summed E-state index contributed by atoms with van der Waals surface area (Å²) in [5.74, 6) is -0.699. The number of benzene rings is 2. The lowest BCUT2D eigenvalue weighted by molar-refractivity contribution is 0.102. The third kappa shape index (κ3) is 2.91. The van der Waals surface area contributed by atoms with Crippen molar-refractivity contribution < 1.29 is 9.18 Å². The van der Waals surface area contributed by atoms with Gasteiger partial charge in [-0.2, -0.15) is 0 Å². The maximum Gasteiger partial charge on any atom is 0.255 e. The molecule has 1 heterocycles. The second-order valence-corrected chi connectivity index (χ2v) is 5.36. The number of halogens is 2. The van der Waals surface area contributed by atoms with Gasteiger partial charge in [0.15, 0.2) is 0 Å². The molecule has 1 aliphatic heterocycles. The summed E-state index contributed by atoms with van der Waals surface area (Å²) in [5, 5.41) is 6.27. The fourth-order valence-electron chi connectivity index (χ4n) is 2.53. The highest BCUT2D eigenvalue weighted by molar-refractivity contribution is 6.33. The normalized spacial score (nSPS) is 13.6. The van der Waals surface area contributed by atoms with Crippen LogP contribution in [-0.4, -0.2) is 12.5 Å². The van der Waals surface area contributed by atoms with Crippen LogP contribution >= 0.6 is 11.6 Å². The number of nitrogens with one attached hydrogen (secondary N) is 2. The number of amides is 1. The molecule has 0 aromatic heterocycles. The van der Waals surface area contributed by atoms with E-state index in [-0.39, 0.29) is 11.6 Å². The maximum absolute atomic E-state index is 13.3. The van der Waals surface area contributed by atoms with E-state index in [1.807, 2.05) is 12.1 Å². The predicted octanol–water partition coefficient (Wildman–Crippen LogP) is 3.38. The standard InChI is InChI=1S/C16H14ClFN2O/c17-14-5-4-11(18)8-15(14)20-16(21)13-3-1-2-10-9-19-7-6-12(10)13/h1-5,8,19H,6-7,9H2,(H,20,21). The van der Waals surface area contributed by atoms with E-state index in [9.17, 15) is 9.18 Å². The van der Waals surface area contributed by atoms with Crippen molar-refractivity contribution in [3.63, 3.8) is 0 Å². The molecule has 1 amide bonds. The van der Waals surface area contributed by atoms with Gasteiger partial charge in [0.2, 0.25) is 0 Å². The molecule has 108 valence electrons. The molecular formula is C16H14ClFN2O. The lowest BCUT2D eigenvalue weighted by atomic mass is 9.95. The molecule has 21 heavy (non-hydrogen) atoms. The molecule has 0 saturated carbocycles. The largest absolute Gasteiger partial charge is 0.321 e. The SMILES string of the molecule is O=C(Nc1cc(F)ccc1Cl)c1cccc2c1CCNC2. The second kappa shape index (κ2) is 5.84. The van der Waals surface area contributed by atoms with Crippen molar-refractivity contribution in [2.45, 2.75) is 13.0 Å². The average Bonchev–Trinajstić information content (AvgIpc) is 2.50. The smallest absolute Gasteiger partial charge is 0.255 e. The number of carbonyl (C=O) groups excluding carboxylic acids is 1. The van der Waals surface area contributed by atoms with E-state index < -0.39 is 5.82 Å². The highest BCUT2D eigenvalue weighted by Gasteiger charge is 2.18. The first kappa shape index (κ1) is 14.0. The van der Waals surface area contributed by atoms with Crippen LogP contribution in [-0.2, 0) is 13.0 Å². The van der Waals surface area contributed by atoms with Crippen LogP contribution in [0.15, 0.2) is 36.4 Å². The van der Waals surface area contributed by atoms with Gasteiger partial charge < -0.3 is 10.6 Å². The predicted molar refractivity (Wildman–Crippen MR) is 81.2 cm³/mol. The van der Waals surface area contributed by atoms with Crippen LogP contribution in [0, 0.1) is 5.82 Å². The molecule has 0 radical (unpaired) electrons. The average molecular weight is 305 g/mol. The summed E-state index contributed by atoms with van der Waals surface area (Å²) >= 11 is 5.98. The molecule has 0 unspecified atom stereocenters. The Morgan fingerprint density at radius 1 is 1.29 bits per heavy atom. The van der Waals surface area contributed by atoms with Crippen molar-refractivity contribution in [3.05, 3.63) is 63.9 Å². The summed E-state index contributed by atoms with van der Waals surface area (Å²) in [7, 11) is 0. The molecule has 2 aromatic rings. The first-order valence-corrected chi connectivity index (χ1v) is 7.11. The molecule has 0 saturated heterocycles. The third-order valence-corrected chi connectivity index (χ3v) is 3.89. The molecule has 3 rings (SSSR count). The number of carbonyl (C=O) groups is 1. The van der Waals surface area contributed by atoms with E-state index >= 15 is 0 Å². The van der Waals surface area contributed by atoms with Gasteiger partial charge in [-0.25, -0.2) is 4.39 Å². The van der Waals surface area contributed by atoms with Crippen molar-refractivity contribution in [3.8, 4) is 0 Å². The van der Waals surface area contributed by atoms with E-state index in [0.717, 1.165) is 30.6 Å². The van der Waals surface area contributed by atoms with Crippen LogP contribution < -0.4 is 10.6 Å². The van der Waals surface area contributed by atoms with Gasteiger partial charge in [-0.15, -0.1) is 0 Å². The van der Waals surface area contributed by atoms with E-state index in [0.29, 0.717) is 10.6 Å². The fraction of sp³-hybridized carbons (Fsp3) is 0.188. The van der Waals surface area contributed by atoms with Crippen molar-refractivity contribution in [2.24, 2.45) is 0 Å². The number of rotatable bonds is 2. The van der Waals surface area contributed by atoms with Gasteiger partial charge in [0.05, 0.1) is 10.7 Å². The topological polar surface area (TPSA) is 41.1 Å². The Hall–Kier alpha value is -1.91. The van der Waals surface area contributed by atoms with Gasteiger partial charge in [0, 0.05) is 12.1 Å². The highest BCUT2D eigenvalue weighted by Crippen LogP contribution is 2.25. The molecule has 2 N–H and O–H groups in total. The van der Waals surface area contributed by atoms with Crippen LogP contribution in [0.1, 0.15) is 21.5 Å². The number of anilines is 1. The second-order valence-electron chi connectivity index (χ2n) is 4.95. The third-order valence-electron chi connectivity index (χ3n) is 3.56. The first-order chi connectivity index (χ1) is 10.1. The van der Waals surface area contributed by atoms with E-state index in [4.69, 9.17) is 11.6 Å². The Morgan fingerprint density at radius 3 is 3.00 bits per heavy atom. The van der Waals surface area contributed by atoms with Crippen molar-refractivity contribution in [2.75, 3.05) is 11.9 Å². The maximum atomic E-state index is 13.3. The summed E-state index contributed by atoms with van der Waals surface area (Å²) in [5.41, 5.74) is 3.07. The van der Waals surface area contributed by atoms with E-state index in [2.05, 4.69) is 10.6 Å². The van der Waals surface area contributed by atoms with Crippen molar-refractivity contribution in [1.82, 2.24) is 5.32 Å². The summed E-state index contributed by atoms with van der Waals surface area (Å²) in [6.45, 7) is 1.61. The Labute approximate surface area is 127 Å². The summed E-state index contributed by atoms with van der Waals surface area (Å²) in [4.78, 5) is 12.4.